The van der Waals surface area contributed by atoms with Crippen molar-refractivity contribution in [2.24, 2.45) is 0 Å². The zero-order chi connectivity index (χ0) is 14.9. The molecule has 8 heteroatoms. The number of nitrogens with one attached hydrogen (secondary N) is 1. The summed E-state index contributed by atoms with van der Waals surface area (Å²) in [6.45, 7) is 1.26. The van der Waals surface area contributed by atoms with Crippen LogP contribution in [0.5, 0.6) is 0 Å². The maximum atomic E-state index is 11.9. The highest BCUT2D eigenvalue weighted by molar-refractivity contribution is 7.93. The van der Waals surface area contributed by atoms with E-state index in [0.717, 1.165) is 41.0 Å². The van der Waals surface area contributed by atoms with Crippen LogP contribution in [-0.2, 0) is 22.9 Å². The van der Waals surface area contributed by atoms with Gasteiger partial charge >= 0.3 is 5.97 Å². The number of aryl methyl sites for hydroxylation is 1. The van der Waals surface area contributed by atoms with E-state index in [2.05, 4.69) is 4.72 Å². The predicted molar refractivity (Wildman–Crippen MR) is 75.5 cm³/mol. The van der Waals surface area contributed by atoms with E-state index in [4.69, 9.17) is 5.26 Å². The molecule has 0 saturated carbocycles. The molecule has 0 fully saturated rings. The van der Waals surface area contributed by atoms with Gasteiger partial charge in [0, 0.05) is 4.88 Å². The number of carbonyl (C=O) groups is 1. The van der Waals surface area contributed by atoms with Crippen molar-refractivity contribution in [1.29, 1.82) is 5.26 Å². The molecular formula is C12H14N2O4S2. The number of aromatic carboxylic acids is 1. The van der Waals surface area contributed by atoms with Crippen LogP contribution in [-0.4, -0.2) is 24.7 Å². The minimum absolute atomic E-state index is 0.0402. The Morgan fingerprint density at radius 3 is 2.70 bits per heavy atom. The molecule has 1 aliphatic carbocycles. The zero-order valence-corrected chi connectivity index (χ0v) is 12.5. The third kappa shape index (κ3) is 2.64. The number of hydrogen-bond acceptors (Lipinski definition) is 5. The minimum atomic E-state index is -3.88. The van der Waals surface area contributed by atoms with Crippen LogP contribution in [0.1, 0.15) is 40.6 Å². The average molecular weight is 314 g/mol. The number of rotatable bonds is 4. The Hall–Kier alpha value is -1.59. The van der Waals surface area contributed by atoms with E-state index in [1.165, 1.54) is 6.92 Å². The van der Waals surface area contributed by atoms with Crippen molar-refractivity contribution < 1.29 is 18.3 Å². The number of nitriles is 1. The molecule has 1 aromatic heterocycles. The lowest BCUT2D eigenvalue weighted by Crippen LogP contribution is -2.24. The molecule has 2 N–H and O–H groups in total. The third-order valence-corrected chi connectivity index (χ3v) is 6.13. The fourth-order valence-electron chi connectivity index (χ4n) is 2.15. The molecule has 1 aromatic rings. The maximum Gasteiger partial charge on any atom is 0.339 e. The number of carboxylic acid groups (broad SMARTS) is 1. The topological polar surface area (TPSA) is 107 Å². The van der Waals surface area contributed by atoms with E-state index in [9.17, 15) is 18.3 Å². The van der Waals surface area contributed by atoms with Crippen LogP contribution in [0.4, 0.5) is 5.00 Å². The van der Waals surface area contributed by atoms with Gasteiger partial charge in [-0.3, -0.25) is 4.72 Å². The Morgan fingerprint density at radius 2 is 2.10 bits per heavy atom. The number of sulfonamides is 1. The van der Waals surface area contributed by atoms with Gasteiger partial charge in [-0.05, 0) is 38.2 Å². The zero-order valence-electron chi connectivity index (χ0n) is 10.8. The standard InChI is InChI=1S/C12H14N2O4S2/c1-7(6-13)20(17,18)14-11-10(12(15)16)8-4-2-3-5-9(8)19-11/h7,14H,2-5H2,1H3,(H,15,16). The number of thiophene rings is 1. The van der Waals surface area contributed by atoms with Crippen LogP contribution >= 0.6 is 11.3 Å². The molecule has 20 heavy (non-hydrogen) atoms. The summed E-state index contributed by atoms with van der Waals surface area (Å²) in [7, 11) is -3.88. The molecule has 1 atom stereocenters. The van der Waals surface area contributed by atoms with E-state index in [1.807, 2.05) is 0 Å². The molecule has 0 aromatic carbocycles. The second-order valence-corrected chi connectivity index (χ2v) is 7.74. The summed E-state index contributed by atoms with van der Waals surface area (Å²) in [5.74, 6) is -1.13. The van der Waals surface area contributed by atoms with Crippen LogP contribution in [0.25, 0.3) is 0 Å². The van der Waals surface area contributed by atoms with Gasteiger partial charge in [0.05, 0.1) is 11.6 Å². The van der Waals surface area contributed by atoms with E-state index in [1.54, 1.807) is 6.07 Å². The summed E-state index contributed by atoms with van der Waals surface area (Å²) in [4.78, 5) is 12.3. The third-order valence-electron chi connectivity index (χ3n) is 3.27. The monoisotopic (exact) mass is 314 g/mol. The summed E-state index contributed by atoms with van der Waals surface area (Å²) >= 11 is 1.16. The second-order valence-electron chi connectivity index (χ2n) is 4.64. The van der Waals surface area contributed by atoms with Gasteiger partial charge in [-0.1, -0.05) is 0 Å². The Bertz CT molecular complexity index is 685. The van der Waals surface area contributed by atoms with Crippen LogP contribution in [0.2, 0.25) is 0 Å². The second kappa shape index (κ2) is 5.42. The highest BCUT2D eigenvalue weighted by atomic mass is 32.2. The lowest BCUT2D eigenvalue weighted by molar-refractivity contribution is 0.0697. The van der Waals surface area contributed by atoms with Gasteiger partial charge in [0.15, 0.2) is 5.25 Å². The van der Waals surface area contributed by atoms with Gasteiger partial charge in [0.1, 0.15) is 5.00 Å². The maximum absolute atomic E-state index is 11.9. The van der Waals surface area contributed by atoms with Crippen LogP contribution in [0, 0.1) is 11.3 Å². The first kappa shape index (κ1) is 14.8. The number of nitrogens with zero attached hydrogens (tertiary/aromatic N) is 1. The molecular weight excluding hydrogens is 300 g/mol. The Morgan fingerprint density at radius 1 is 1.45 bits per heavy atom. The number of carboxylic acids is 1. The molecule has 108 valence electrons. The summed E-state index contributed by atoms with van der Waals surface area (Å²) in [6, 6.07) is 1.64. The first-order chi connectivity index (χ1) is 9.36. The van der Waals surface area contributed by atoms with Crippen molar-refractivity contribution >= 4 is 32.3 Å². The highest BCUT2D eigenvalue weighted by Crippen LogP contribution is 2.38. The van der Waals surface area contributed by atoms with Gasteiger partial charge in [-0.2, -0.15) is 5.26 Å². The molecule has 6 nitrogen and oxygen atoms in total. The highest BCUT2D eigenvalue weighted by Gasteiger charge is 2.29. The van der Waals surface area contributed by atoms with Crippen LogP contribution < -0.4 is 4.72 Å². The Kier molecular flexibility index (Phi) is 4.01. The van der Waals surface area contributed by atoms with Crippen LogP contribution in [0.3, 0.4) is 0 Å². The van der Waals surface area contributed by atoms with Crippen molar-refractivity contribution in [2.45, 2.75) is 37.9 Å². The van der Waals surface area contributed by atoms with E-state index in [0.29, 0.717) is 6.42 Å². The van der Waals surface area contributed by atoms with E-state index < -0.39 is 21.2 Å². The van der Waals surface area contributed by atoms with Crippen molar-refractivity contribution in [2.75, 3.05) is 4.72 Å². The van der Waals surface area contributed by atoms with Crippen molar-refractivity contribution in [3.8, 4) is 6.07 Å². The molecule has 0 saturated heterocycles. The molecule has 1 aliphatic rings. The molecule has 1 heterocycles. The largest absolute Gasteiger partial charge is 0.478 e. The van der Waals surface area contributed by atoms with Gasteiger partial charge in [0.2, 0.25) is 10.0 Å². The quantitative estimate of drug-likeness (QED) is 0.883. The normalized spacial score (nSPS) is 16.0. The van der Waals surface area contributed by atoms with Gasteiger partial charge in [0.25, 0.3) is 0 Å². The molecule has 0 amide bonds. The average Bonchev–Trinajstić information content (AvgIpc) is 2.74. The lowest BCUT2D eigenvalue weighted by atomic mass is 9.96. The summed E-state index contributed by atoms with van der Waals surface area (Å²) < 4.78 is 26.1. The molecule has 0 bridgehead atoms. The van der Waals surface area contributed by atoms with Crippen LogP contribution in [0.15, 0.2) is 0 Å². The minimum Gasteiger partial charge on any atom is -0.478 e. The van der Waals surface area contributed by atoms with Gasteiger partial charge in [-0.25, -0.2) is 13.2 Å². The molecule has 0 spiro atoms. The van der Waals surface area contributed by atoms with Crippen molar-refractivity contribution in [3.63, 3.8) is 0 Å². The molecule has 2 rings (SSSR count). The lowest BCUT2D eigenvalue weighted by Gasteiger charge is -2.11. The SMILES string of the molecule is CC(C#N)S(=O)(=O)Nc1sc2c(c1C(=O)O)CCCC2. The first-order valence-electron chi connectivity index (χ1n) is 6.16. The van der Waals surface area contributed by atoms with Gasteiger partial charge < -0.3 is 5.11 Å². The molecule has 0 radical (unpaired) electrons. The van der Waals surface area contributed by atoms with E-state index in [-0.39, 0.29) is 10.6 Å². The fraction of sp³-hybridized carbons (Fsp3) is 0.500. The first-order valence-corrected chi connectivity index (χ1v) is 8.52. The van der Waals surface area contributed by atoms with Crippen molar-refractivity contribution in [1.82, 2.24) is 0 Å². The fourth-order valence-corrected chi connectivity index (χ4v) is 4.47. The van der Waals surface area contributed by atoms with E-state index >= 15 is 0 Å². The number of hydrogen-bond donors (Lipinski definition) is 2. The number of fused-ring (bicyclic) bond motifs is 1. The number of anilines is 1. The Labute approximate surface area is 121 Å². The molecule has 1 unspecified atom stereocenters. The smallest absolute Gasteiger partial charge is 0.339 e. The summed E-state index contributed by atoms with van der Waals surface area (Å²) in [5, 5.41) is 16.9. The Balaban J connectivity index is 2.45. The summed E-state index contributed by atoms with van der Waals surface area (Å²) in [5.41, 5.74) is 0.773. The summed E-state index contributed by atoms with van der Waals surface area (Å²) in [6.07, 6.45) is 3.32. The van der Waals surface area contributed by atoms with Crippen molar-refractivity contribution in [3.05, 3.63) is 16.0 Å². The molecule has 0 aliphatic heterocycles. The van der Waals surface area contributed by atoms with Gasteiger partial charge in [-0.15, -0.1) is 11.3 Å². The predicted octanol–water partition coefficient (Wildman–Crippen LogP) is 1.98.